The van der Waals surface area contributed by atoms with Gasteiger partial charge in [0.2, 0.25) is 0 Å². The van der Waals surface area contributed by atoms with Gasteiger partial charge in [0, 0.05) is 11.8 Å². The molecule has 0 spiro atoms. The van der Waals surface area contributed by atoms with Gasteiger partial charge in [-0.2, -0.15) is 0 Å². The molecule has 0 aliphatic heterocycles. The molecule has 0 heterocycles. The summed E-state index contributed by atoms with van der Waals surface area (Å²) in [6, 6.07) is 0. The third-order valence-corrected chi connectivity index (χ3v) is 5.36. The molecular formula is C17H30O. The van der Waals surface area contributed by atoms with Gasteiger partial charge < -0.3 is 0 Å². The molecule has 0 aromatic carbocycles. The lowest BCUT2D eigenvalue weighted by atomic mass is 9.72. The van der Waals surface area contributed by atoms with E-state index in [9.17, 15) is 4.79 Å². The van der Waals surface area contributed by atoms with Gasteiger partial charge in [0.1, 0.15) is 5.78 Å². The minimum Gasteiger partial charge on any atom is -0.299 e. The molecule has 1 heteroatoms. The number of rotatable bonds is 4. The molecule has 1 nitrogen and oxygen atoms in total. The van der Waals surface area contributed by atoms with Crippen molar-refractivity contribution in [2.45, 2.75) is 78.1 Å². The SMILES string of the molecule is CCCC1CCC(C(=O)C2CCC(C)CC2)CC1. The Morgan fingerprint density at radius 3 is 1.89 bits per heavy atom. The Hall–Kier alpha value is -0.330. The van der Waals surface area contributed by atoms with Crippen LogP contribution in [0.15, 0.2) is 0 Å². The molecule has 0 N–H and O–H groups in total. The highest BCUT2D eigenvalue weighted by molar-refractivity contribution is 5.83. The summed E-state index contributed by atoms with van der Waals surface area (Å²) >= 11 is 0. The fourth-order valence-corrected chi connectivity index (χ4v) is 4.02. The van der Waals surface area contributed by atoms with Crippen LogP contribution in [0.4, 0.5) is 0 Å². The van der Waals surface area contributed by atoms with Crippen LogP contribution in [0.3, 0.4) is 0 Å². The lowest BCUT2D eigenvalue weighted by molar-refractivity contribution is -0.129. The lowest BCUT2D eigenvalue weighted by Crippen LogP contribution is -2.30. The fraction of sp³-hybridized carbons (Fsp3) is 0.941. The number of carbonyl (C=O) groups is 1. The summed E-state index contributed by atoms with van der Waals surface area (Å²) in [6.45, 7) is 4.61. The maximum absolute atomic E-state index is 12.5. The van der Waals surface area contributed by atoms with E-state index in [0.717, 1.165) is 11.8 Å². The Morgan fingerprint density at radius 1 is 0.889 bits per heavy atom. The maximum Gasteiger partial charge on any atom is 0.139 e. The van der Waals surface area contributed by atoms with Crippen LogP contribution in [-0.2, 0) is 4.79 Å². The zero-order chi connectivity index (χ0) is 13.0. The summed E-state index contributed by atoms with van der Waals surface area (Å²) < 4.78 is 0. The zero-order valence-electron chi connectivity index (χ0n) is 12.3. The molecule has 0 unspecified atom stereocenters. The van der Waals surface area contributed by atoms with Gasteiger partial charge in [-0.25, -0.2) is 0 Å². The highest BCUT2D eigenvalue weighted by Crippen LogP contribution is 2.37. The van der Waals surface area contributed by atoms with Gasteiger partial charge in [0.15, 0.2) is 0 Å². The van der Waals surface area contributed by atoms with E-state index in [-0.39, 0.29) is 0 Å². The first-order valence-electron chi connectivity index (χ1n) is 8.24. The Morgan fingerprint density at radius 2 is 1.39 bits per heavy atom. The average Bonchev–Trinajstić information content (AvgIpc) is 2.40. The quantitative estimate of drug-likeness (QED) is 0.687. The molecule has 0 atom stereocenters. The predicted octanol–water partition coefficient (Wildman–Crippen LogP) is 4.99. The molecule has 2 aliphatic rings. The summed E-state index contributed by atoms with van der Waals surface area (Å²) in [5.74, 6) is 3.27. The summed E-state index contributed by atoms with van der Waals surface area (Å²) in [7, 11) is 0. The molecule has 2 fully saturated rings. The monoisotopic (exact) mass is 250 g/mol. The van der Waals surface area contributed by atoms with Crippen molar-refractivity contribution >= 4 is 5.78 Å². The minimum absolute atomic E-state index is 0.425. The Kier molecular flexibility index (Phi) is 5.26. The van der Waals surface area contributed by atoms with Crippen molar-refractivity contribution in [3.8, 4) is 0 Å². The second-order valence-electron chi connectivity index (χ2n) is 6.87. The van der Waals surface area contributed by atoms with E-state index in [2.05, 4.69) is 13.8 Å². The van der Waals surface area contributed by atoms with Gasteiger partial charge in [0.05, 0.1) is 0 Å². The fourth-order valence-electron chi connectivity index (χ4n) is 4.02. The molecule has 2 aliphatic carbocycles. The van der Waals surface area contributed by atoms with E-state index in [1.165, 1.54) is 64.2 Å². The zero-order valence-corrected chi connectivity index (χ0v) is 12.3. The second kappa shape index (κ2) is 6.73. The molecule has 0 aromatic heterocycles. The molecule has 0 bridgehead atoms. The number of hydrogen-bond acceptors (Lipinski definition) is 1. The van der Waals surface area contributed by atoms with Gasteiger partial charge >= 0.3 is 0 Å². The minimum atomic E-state index is 0.425. The molecule has 0 amide bonds. The lowest BCUT2D eigenvalue weighted by Gasteiger charge is -2.32. The first kappa shape index (κ1) is 14.1. The second-order valence-corrected chi connectivity index (χ2v) is 6.87. The summed E-state index contributed by atoms with van der Waals surface area (Å²) in [6.07, 6.45) is 12.6. The van der Waals surface area contributed by atoms with Crippen LogP contribution in [0.2, 0.25) is 0 Å². The van der Waals surface area contributed by atoms with Gasteiger partial charge in [-0.1, -0.05) is 39.5 Å². The Bertz CT molecular complexity index is 255. The largest absolute Gasteiger partial charge is 0.299 e. The number of carbonyl (C=O) groups excluding carboxylic acids is 1. The maximum atomic E-state index is 12.5. The van der Waals surface area contributed by atoms with Crippen molar-refractivity contribution in [1.29, 1.82) is 0 Å². The van der Waals surface area contributed by atoms with E-state index in [0.29, 0.717) is 17.6 Å². The molecule has 0 radical (unpaired) electrons. The molecule has 0 aromatic rings. The Balaban J connectivity index is 1.77. The first-order chi connectivity index (χ1) is 8.70. The van der Waals surface area contributed by atoms with Crippen molar-refractivity contribution in [1.82, 2.24) is 0 Å². The van der Waals surface area contributed by atoms with Crippen LogP contribution in [0.5, 0.6) is 0 Å². The molecular weight excluding hydrogens is 220 g/mol. The Labute approximate surface area is 113 Å². The smallest absolute Gasteiger partial charge is 0.139 e. The van der Waals surface area contributed by atoms with E-state index in [1.807, 2.05) is 0 Å². The first-order valence-corrected chi connectivity index (χ1v) is 8.24. The normalized spacial score (nSPS) is 37.4. The van der Waals surface area contributed by atoms with Crippen LogP contribution in [0.25, 0.3) is 0 Å². The van der Waals surface area contributed by atoms with E-state index in [4.69, 9.17) is 0 Å². The van der Waals surface area contributed by atoms with Crippen LogP contribution in [-0.4, -0.2) is 5.78 Å². The van der Waals surface area contributed by atoms with E-state index >= 15 is 0 Å². The third-order valence-electron chi connectivity index (χ3n) is 5.36. The molecule has 2 saturated carbocycles. The number of hydrogen-bond donors (Lipinski definition) is 0. The van der Waals surface area contributed by atoms with Crippen molar-refractivity contribution in [2.24, 2.45) is 23.7 Å². The van der Waals surface area contributed by atoms with Crippen molar-refractivity contribution < 1.29 is 4.79 Å². The van der Waals surface area contributed by atoms with Crippen molar-refractivity contribution in [3.63, 3.8) is 0 Å². The van der Waals surface area contributed by atoms with Crippen LogP contribution in [0.1, 0.15) is 78.1 Å². The molecule has 0 saturated heterocycles. The highest BCUT2D eigenvalue weighted by Gasteiger charge is 2.32. The van der Waals surface area contributed by atoms with Crippen LogP contribution in [0, 0.1) is 23.7 Å². The predicted molar refractivity (Wildman–Crippen MR) is 76.5 cm³/mol. The summed E-state index contributed by atoms with van der Waals surface area (Å²) in [5.41, 5.74) is 0. The highest BCUT2D eigenvalue weighted by atomic mass is 16.1. The van der Waals surface area contributed by atoms with E-state index in [1.54, 1.807) is 0 Å². The summed E-state index contributed by atoms with van der Waals surface area (Å²) in [4.78, 5) is 12.5. The van der Waals surface area contributed by atoms with Crippen molar-refractivity contribution in [2.75, 3.05) is 0 Å². The average molecular weight is 250 g/mol. The van der Waals surface area contributed by atoms with E-state index < -0.39 is 0 Å². The molecule has 2 rings (SSSR count). The third kappa shape index (κ3) is 3.59. The topological polar surface area (TPSA) is 17.1 Å². The number of Topliss-reactive ketones (excluding diaryl/α,β-unsaturated/α-hetero) is 1. The van der Waals surface area contributed by atoms with Gasteiger partial charge in [-0.15, -0.1) is 0 Å². The molecule has 104 valence electrons. The van der Waals surface area contributed by atoms with Crippen LogP contribution < -0.4 is 0 Å². The van der Waals surface area contributed by atoms with Gasteiger partial charge in [-0.05, 0) is 50.4 Å². The van der Waals surface area contributed by atoms with Crippen molar-refractivity contribution in [3.05, 3.63) is 0 Å². The standard InChI is InChI=1S/C17H30O/c1-3-4-14-7-11-16(12-8-14)17(18)15-9-5-13(2)6-10-15/h13-16H,3-12H2,1-2H3. The number of ketones is 1. The van der Waals surface area contributed by atoms with Gasteiger partial charge in [-0.3, -0.25) is 4.79 Å². The summed E-state index contributed by atoms with van der Waals surface area (Å²) in [5, 5.41) is 0. The van der Waals surface area contributed by atoms with Gasteiger partial charge in [0.25, 0.3) is 0 Å². The van der Waals surface area contributed by atoms with Crippen LogP contribution >= 0.6 is 0 Å². The molecule has 18 heavy (non-hydrogen) atoms.